The first-order valence-corrected chi connectivity index (χ1v) is 6.51. The van der Waals surface area contributed by atoms with Crippen LogP contribution in [0.25, 0.3) is 0 Å². The first-order chi connectivity index (χ1) is 7.19. The van der Waals surface area contributed by atoms with Crippen LogP contribution in [-0.2, 0) is 0 Å². The lowest BCUT2D eigenvalue weighted by Crippen LogP contribution is -2.70. The second kappa shape index (κ2) is 2.89. The van der Waals surface area contributed by atoms with E-state index >= 15 is 0 Å². The minimum atomic E-state index is -1.000. The molecule has 3 N–H and O–H groups in total. The second-order valence-electron chi connectivity index (χ2n) is 6.40. The molecule has 0 aromatic rings. The average Bonchev–Trinajstić information content (AvgIpc) is 1.92. The monoisotopic (exact) mass is 266 g/mol. The van der Waals surface area contributed by atoms with Crippen LogP contribution >= 0.6 is 23.2 Å². The molecule has 92 valence electrons. The van der Waals surface area contributed by atoms with Crippen LogP contribution in [0.2, 0.25) is 0 Å². The van der Waals surface area contributed by atoms with Crippen LogP contribution in [0.5, 0.6) is 0 Å². The van der Waals surface area contributed by atoms with Crippen LogP contribution in [-0.4, -0.2) is 37.0 Å². The van der Waals surface area contributed by atoms with Crippen molar-refractivity contribution in [3.8, 4) is 0 Å². The maximum absolute atomic E-state index is 10.4. The van der Waals surface area contributed by atoms with Crippen molar-refractivity contribution in [1.29, 1.82) is 0 Å². The summed E-state index contributed by atoms with van der Waals surface area (Å²) in [6.45, 7) is 0. The van der Waals surface area contributed by atoms with Crippen molar-refractivity contribution in [2.75, 3.05) is 0 Å². The second-order valence-corrected chi connectivity index (χ2v) is 7.49. The maximum atomic E-state index is 10.4. The summed E-state index contributed by atoms with van der Waals surface area (Å²) in [5.41, 5.74) is -3.53. The number of hydrogen-bond acceptors (Lipinski definition) is 3. The molecule has 3 nitrogen and oxygen atoms in total. The van der Waals surface area contributed by atoms with E-state index in [1.165, 1.54) is 0 Å². The summed E-state index contributed by atoms with van der Waals surface area (Å²) in [4.78, 5) is -0.655. The van der Waals surface area contributed by atoms with E-state index in [1.54, 1.807) is 0 Å². The van der Waals surface area contributed by atoms with Gasteiger partial charge in [0, 0.05) is 24.7 Å². The first-order valence-electron chi connectivity index (χ1n) is 5.64. The van der Waals surface area contributed by atoms with Gasteiger partial charge in [-0.2, -0.15) is 0 Å². The van der Waals surface area contributed by atoms with Crippen molar-refractivity contribution in [1.82, 2.24) is 0 Å². The predicted octanol–water partition coefficient (Wildman–Crippen LogP) is 1.35. The molecule has 4 saturated carbocycles. The van der Waals surface area contributed by atoms with Crippen LogP contribution in [0.4, 0.5) is 0 Å². The van der Waals surface area contributed by atoms with E-state index < -0.39 is 27.1 Å². The highest BCUT2D eigenvalue weighted by Gasteiger charge is 2.69. The van der Waals surface area contributed by atoms with Crippen LogP contribution in [0.1, 0.15) is 38.5 Å². The Morgan fingerprint density at radius 3 is 1.25 bits per heavy atom. The molecule has 0 spiro atoms. The van der Waals surface area contributed by atoms with E-state index in [2.05, 4.69) is 0 Å². The molecule has 0 unspecified atom stereocenters. The third-order valence-electron chi connectivity index (χ3n) is 4.48. The molecule has 4 aliphatic rings. The van der Waals surface area contributed by atoms with Gasteiger partial charge in [0.05, 0.1) is 16.8 Å². The zero-order valence-electron chi connectivity index (χ0n) is 8.92. The van der Waals surface area contributed by atoms with Gasteiger partial charge in [0.25, 0.3) is 0 Å². The zero-order chi connectivity index (χ0) is 11.8. The number of aliphatic hydroxyl groups is 3. The lowest BCUT2D eigenvalue weighted by molar-refractivity contribution is -0.277. The minimum Gasteiger partial charge on any atom is -0.390 e. The zero-order valence-corrected chi connectivity index (χ0v) is 10.4. The van der Waals surface area contributed by atoms with Gasteiger partial charge in [0.1, 0.15) is 4.84 Å². The molecule has 4 fully saturated rings. The van der Waals surface area contributed by atoms with Crippen LogP contribution in [0.3, 0.4) is 0 Å². The molecule has 0 radical (unpaired) electrons. The molecule has 0 aromatic heterocycles. The summed E-state index contributed by atoms with van der Waals surface area (Å²) < 4.78 is 0. The van der Waals surface area contributed by atoms with Gasteiger partial charge in [0.15, 0.2) is 0 Å². The Hall–Kier alpha value is 0.460. The first kappa shape index (κ1) is 11.5. The van der Waals surface area contributed by atoms with E-state index in [0.29, 0.717) is 38.5 Å². The third-order valence-corrected chi connectivity index (χ3v) is 5.41. The molecular weight excluding hydrogens is 251 g/mol. The molecule has 0 amide bonds. The normalized spacial score (nSPS) is 59.6. The molecule has 4 bridgehead atoms. The fraction of sp³-hybridized carbons (Fsp3) is 1.00. The van der Waals surface area contributed by atoms with Crippen molar-refractivity contribution in [3.63, 3.8) is 0 Å². The number of rotatable bonds is 1. The molecule has 0 aliphatic heterocycles. The summed E-state index contributed by atoms with van der Waals surface area (Å²) in [7, 11) is 0. The summed E-state index contributed by atoms with van der Waals surface area (Å²) in [6, 6.07) is 0. The SMILES string of the molecule is OC12CC3(O)CC(O)(C1)CC(C(Cl)Cl)(C2)C3. The lowest BCUT2D eigenvalue weighted by Gasteiger charge is -2.66. The molecule has 0 saturated heterocycles. The Balaban J connectivity index is 2.07. The molecule has 5 heteroatoms. The average molecular weight is 267 g/mol. The Kier molecular flexibility index (Phi) is 2.08. The van der Waals surface area contributed by atoms with Gasteiger partial charge in [-0.15, -0.1) is 23.2 Å². The van der Waals surface area contributed by atoms with Crippen LogP contribution in [0, 0.1) is 5.41 Å². The lowest BCUT2D eigenvalue weighted by atomic mass is 9.45. The number of hydrogen-bond donors (Lipinski definition) is 3. The van der Waals surface area contributed by atoms with Gasteiger partial charge >= 0.3 is 0 Å². The molecule has 16 heavy (non-hydrogen) atoms. The van der Waals surface area contributed by atoms with Crippen molar-refractivity contribution in [2.24, 2.45) is 5.41 Å². The van der Waals surface area contributed by atoms with E-state index in [4.69, 9.17) is 23.2 Å². The highest BCUT2D eigenvalue weighted by molar-refractivity contribution is 6.44. The van der Waals surface area contributed by atoms with E-state index in [-0.39, 0.29) is 0 Å². The summed E-state index contributed by atoms with van der Waals surface area (Å²) in [6.07, 6.45) is 2.48. The summed E-state index contributed by atoms with van der Waals surface area (Å²) in [5.74, 6) is 0. The highest BCUT2D eigenvalue weighted by atomic mass is 35.5. The minimum absolute atomic E-state index is 0.338. The van der Waals surface area contributed by atoms with Crippen molar-refractivity contribution >= 4 is 23.2 Å². The number of halogens is 2. The van der Waals surface area contributed by atoms with Crippen LogP contribution in [0.15, 0.2) is 0 Å². The fourth-order valence-corrected chi connectivity index (χ4v) is 5.25. The van der Waals surface area contributed by atoms with Gasteiger partial charge in [-0.1, -0.05) is 0 Å². The maximum Gasteiger partial charge on any atom is 0.113 e. The van der Waals surface area contributed by atoms with Gasteiger partial charge in [-0.25, -0.2) is 0 Å². The molecule has 4 aliphatic carbocycles. The van der Waals surface area contributed by atoms with Crippen molar-refractivity contribution in [2.45, 2.75) is 60.2 Å². The fourth-order valence-electron chi connectivity index (χ4n) is 4.79. The molecule has 0 aromatic carbocycles. The Labute approximate surface area is 104 Å². The van der Waals surface area contributed by atoms with Gasteiger partial charge in [-0.3, -0.25) is 0 Å². The van der Waals surface area contributed by atoms with Gasteiger partial charge in [-0.05, 0) is 19.3 Å². The van der Waals surface area contributed by atoms with E-state index in [9.17, 15) is 15.3 Å². The van der Waals surface area contributed by atoms with E-state index in [0.717, 1.165) is 0 Å². The Morgan fingerprint density at radius 1 is 0.688 bits per heavy atom. The van der Waals surface area contributed by atoms with Gasteiger partial charge in [0.2, 0.25) is 0 Å². The molecule has 0 atom stereocenters. The van der Waals surface area contributed by atoms with Crippen LogP contribution < -0.4 is 0 Å². The Bertz CT molecular complexity index is 291. The third kappa shape index (κ3) is 1.45. The standard InChI is InChI=1S/C11H16Cl2O3/c12-7(13)8-1-9(14)4-10(15,2-8)6-11(16,3-8)5-9/h7,14-16H,1-6H2. The molecule has 4 rings (SSSR count). The van der Waals surface area contributed by atoms with Crippen molar-refractivity contribution < 1.29 is 15.3 Å². The Morgan fingerprint density at radius 2 is 1.00 bits per heavy atom. The summed E-state index contributed by atoms with van der Waals surface area (Å²) in [5, 5.41) is 31.2. The summed E-state index contributed by atoms with van der Waals surface area (Å²) >= 11 is 12.0. The smallest absolute Gasteiger partial charge is 0.113 e. The molecular formula is C11H16Cl2O3. The predicted molar refractivity (Wildman–Crippen MR) is 60.5 cm³/mol. The highest BCUT2D eigenvalue weighted by Crippen LogP contribution is 2.66. The number of alkyl halides is 2. The quantitative estimate of drug-likeness (QED) is 0.628. The topological polar surface area (TPSA) is 60.7 Å². The van der Waals surface area contributed by atoms with Crippen molar-refractivity contribution in [3.05, 3.63) is 0 Å². The largest absolute Gasteiger partial charge is 0.390 e. The van der Waals surface area contributed by atoms with E-state index in [1.807, 2.05) is 0 Å². The molecule has 0 heterocycles. The van der Waals surface area contributed by atoms with Gasteiger partial charge < -0.3 is 15.3 Å².